The average molecular weight is 202 g/mol. The molecule has 3 heteroatoms. The molecule has 0 amide bonds. The Balaban J connectivity index is 4.23. The van der Waals surface area contributed by atoms with Gasteiger partial charge in [0, 0.05) is 19.2 Å². The summed E-state index contributed by atoms with van der Waals surface area (Å²) in [6, 6.07) is 0.990. The minimum absolute atomic E-state index is 0.467. The maximum Gasteiger partial charge on any atom is 0.0615 e. The van der Waals surface area contributed by atoms with E-state index in [1.54, 1.807) is 7.11 Å². The molecule has 0 aromatic carbocycles. The van der Waals surface area contributed by atoms with Gasteiger partial charge in [-0.3, -0.25) is 4.90 Å². The summed E-state index contributed by atoms with van der Waals surface area (Å²) in [4.78, 5) is 2.45. The minimum atomic E-state index is 0.467. The lowest BCUT2D eigenvalue weighted by Crippen LogP contribution is -2.46. The van der Waals surface area contributed by atoms with Gasteiger partial charge in [-0.15, -0.1) is 0 Å². The zero-order valence-corrected chi connectivity index (χ0v) is 10.3. The first kappa shape index (κ1) is 13.9. The Morgan fingerprint density at radius 3 is 2.21 bits per heavy atom. The van der Waals surface area contributed by atoms with Crippen molar-refractivity contribution in [2.75, 3.05) is 26.8 Å². The van der Waals surface area contributed by atoms with Crippen LogP contribution in [0.2, 0.25) is 0 Å². The van der Waals surface area contributed by atoms with Crippen molar-refractivity contribution in [1.29, 1.82) is 0 Å². The minimum Gasteiger partial charge on any atom is -0.383 e. The summed E-state index contributed by atoms with van der Waals surface area (Å²) in [6.45, 7) is 11.4. The molecular formula is C11H26N2O. The van der Waals surface area contributed by atoms with Crippen molar-refractivity contribution in [2.24, 2.45) is 11.7 Å². The third kappa shape index (κ3) is 3.95. The predicted octanol–water partition coefficient (Wildman–Crippen LogP) is 1.33. The van der Waals surface area contributed by atoms with Crippen molar-refractivity contribution in [3.05, 3.63) is 0 Å². The van der Waals surface area contributed by atoms with Crippen LogP contribution in [0.5, 0.6) is 0 Å². The quantitative estimate of drug-likeness (QED) is 0.677. The molecule has 0 spiro atoms. The number of hydrogen-bond acceptors (Lipinski definition) is 3. The van der Waals surface area contributed by atoms with E-state index < -0.39 is 0 Å². The van der Waals surface area contributed by atoms with Gasteiger partial charge < -0.3 is 10.5 Å². The van der Waals surface area contributed by atoms with Crippen LogP contribution in [0, 0.1) is 5.92 Å². The summed E-state index contributed by atoms with van der Waals surface area (Å²) in [7, 11) is 1.75. The molecule has 0 heterocycles. The Kier molecular flexibility index (Phi) is 7.15. The number of rotatable bonds is 7. The summed E-state index contributed by atoms with van der Waals surface area (Å²) in [5.41, 5.74) is 5.68. The van der Waals surface area contributed by atoms with Crippen LogP contribution in [-0.4, -0.2) is 43.8 Å². The van der Waals surface area contributed by atoms with Crippen LogP contribution in [0.4, 0.5) is 0 Å². The van der Waals surface area contributed by atoms with Crippen LogP contribution in [-0.2, 0) is 4.74 Å². The van der Waals surface area contributed by atoms with E-state index in [4.69, 9.17) is 10.5 Å². The molecule has 0 radical (unpaired) electrons. The van der Waals surface area contributed by atoms with Gasteiger partial charge in [0.15, 0.2) is 0 Å². The van der Waals surface area contributed by atoms with Gasteiger partial charge in [-0.1, -0.05) is 13.8 Å². The summed E-state index contributed by atoms with van der Waals surface area (Å²) < 4.78 is 5.18. The molecule has 0 aliphatic heterocycles. The van der Waals surface area contributed by atoms with Gasteiger partial charge in [-0.05, 0) is 32.9 Å². The highest BCUT2D eigenvalue weighted by Crippen LogP contribution is 2.13. The highest BCUT2D eigenvalue weighted by atomic mass is 16.5. The van der Waals surface area contributed by atoms with E-state index in [0.29, 0.717) is 18.0 Å². The first-order valence-electron chi connectivity index (χ1n) is 5.53. The van der Waals surface area contributed by atoms with Gasteiger partial charge in [0.05, 0.1) is 6.61 Å². The van der Waals surface area contributed by atoms with E-state index in [9.17, 15) is 0 Å². The van der Waals surface area contributed by atoms with E-state index >= 15 is 0 Å². The third-order valence-electron chi connectivity index (χ3n) is 3.06. The van der Waals surface area contributed by atoms with E-state index in [1.165, 1.54) is 0 Å². The monoisotopic (exact) mass is 202 g/mol. The number of methoxy groups -OCH3 is 1. The lowest BCUT2D eigenvalue weighted by Gasteiger charge is -2.36. The molecule has 86 valence electrons. The Hall–Kier alpha value is -0.120. The Morgan fingerprint density at radius 2 is 1.86 bits per heavy atom. The highest BCUT2D eigenvalue weighted by Gasteiger charge is 2.22. The number of likely N-dealkylation sites (N-methyl/N-ethyl adjacent to an activating group) is 1. The van der Waals surface area contributed by atoms with Crippen molar-refractivity contribution < 1.29 is 4.74 Å². The fourth-order valence-electron chi connectivity index (χ4n) is 1.86. The summed E-state index contributed by atoms with van der Waals surface area (Å²) >= 11 is 0. The topological polar surface area (TPSA) is 38.5 Å². The number of ether oxygens (including phenoxy) is 1. The van der Waals surface area contributed by atoms with Crippen LogP contribution in [0.25, 0.3) is 0 Å². The Labute approximate surface area is 88.6 Å². The molecule has 3 unspecified atom stereocenters. The van der Waals surface area contributed by atoms with E-state index in [2.05, 4.69) is 32.6 Å². The second-order valence-electron chi connectivity index (χ2n) is 4.09. The number of nitrogens with two attached hydrogens (primary N) is 1. The van der Waals surface area contributed by atoms with Gasteiger partial charge in [0.25, 0.3) is 0 Å². The van der Waals surface area contributed by atoms with Crippen LogP contribution in [0.1, 0.15) is 27.7 Å². The van der Waals surface area contributed by atoms with Crippen molar-refractivity contribution in [3.63, 3.8) is 0 Å². The van der Waals surface area contributed by atoms with Crippen LogP contribution >= 0.6 is 0 Å². The first-order chi connectivity index (χ1) is 6.58. The van der Waals surface area contributed by atoms with Crippen LogP contribution < -0.4 is 5.73 Å². The smallest absolute Gasteiger partial charge is 0.0615 e. The van der Waals surface area contributed by atoms with E-state index in [0.717, 1.165) is 19.7 Å². The second kappa shape index (κ2) is 7.21. The molecule has 3 atom stereocenters. The average Bonchev–Trinajstić information content (AvgIpc) is 2.18. The van der Waals surface area contributed by atoms with Gasteiger partial charge in [-0.2, -0.15) is 0 Å². The predicted molar refractivity (Wildman–Crippen MR) is 61.4 cm³/mol. The standard InChI is InChI=1S/C11H26N2O/c1-6-13(10(3)8-14-5)11(4)9(2)7-12/h9-11H,6-8,12H2,1-5H3. The molecule has 0 aliphatic carbocycles. The molecule has 0 saturated heterocycles. The molecule has 0 rings (SSSR count). The first-order valence-corrected chi connectivity index (χ1v) is 5.53. The van der Waals surface area contributed by atoms with Gasteiger partial charge in [-0.25, -0.2) is 0 Å². The molecule has 0 fully saturated rings. The van der Waals surface area contributed by atoms with E-state index in [-0.39, 0.29) is 0 Å². The molecule has 0 aromatic rings. The Morgan fingerprint density at radius 1 is 1.29 bits per heavy atom. The molecule has 0 aromatic heterocycles. The zero-order chi connectivity index (χ0) is 11.1. The van der Waals surface area contributed by atoms with E-state index in [1.807, 2.05) is 0 Å². The fraction of sp³-hybridized carbons (Fsp3) is 1.00. The molecule has 2 N–H and O–H groups in total. The van der Waals surface area contributed by atoms with Crippen molar-refractivity contribution >= 4 is 0 Å². The van der Waals surface area contributed by atoms with Crippen LogP contribution in [0.15, 0.2) is 0 Å². The lowest BCUT2D eigenvalue weighted by atomic mass is 10.0. The molecule has 0 aliphatic rings. The summed E-state index contributed by atoms with van der Waals surface area (Å²) in [5, 5.41) is 0. The number of nitrogens with zero attached hydrogens (tertiary/aromatic N) is 1. The summed E-state index contributed by atoms with van der Waals surface area (Å²) in [5.74, 6) is 0.536. The number of hydrogen-bond donors (Lipinski definition) is 1. The lowest BCUT2D eigenvalue weighted by molar-refractivity contribution is 0.0620. The normalized spacial score (nSPS) is 18.2. The van der Waals surface area contributed by atoms with Gasteiger partial charge in [0.1, 0.15) is 0 Å². The SMILES string of the molecule is CCN(C(C)COC)C(C)C(C)CN. The molecule has 14 heavy (non-hydrogen) atoms. The second-order valence-corrected chi connectivity index (χ2v) is 4.09. The molecule has 0 bridgehead atoms. The molecule has 3 nitrogen and oxygen atoms in total. The maximum atomic E-state index is 5.68. The van der Waals surface area contributed by atoms with Crippen molar-refractivity contribution in [2.45, 2.75) is 39.8 Å². The van der Waals surface area contributed by atoms with Gasteiger partial charge >= 0.3 is 0 Å². The molecular weight excluding hydrogens is 176 g/mol. The maximum absolute atomic E-state index is 5.68. The fourth-order valence-corrected chi connectivity index (χ4v) is 1.86. The van der Waals surface area contributed by atoms with Crippen LogP contribution in [0.3, 0.4) is 0 Å². The summed E-state index contributed by atoms with van der Waals surface area (Å²) in [6.07, 6.45) is 0. The Bertz CT molecular complexity index is 141. The van der Waals surface area contributed by atoms with Crippen molar-refractivity contribution in [1.82, 2.24) is 4.90 Å². The highest BCUT2D eigenvalue weighted by molar-refractivity contribution is 4.76. The molecule has 0 saturated carbocycles. The van der Waals surface area contributed by atoms with Crippen molar-refractivity contribution in [3.8, 4) is 0 Å². The third-order valence-corrected chi connectivity index (χ3v) is 3.06. The zero-order valence-electron chi connectivity index (χ0n) is 10.3. The van der Waals surface area contributed by atoms with Gasteiger partial charge in [0.2, 0.25) is 0 Å². The largest absolute Gasteiger partial charge is 0.383 e.